The summed E-state index contributed by atoms with van der Waals surface area (Å²) in [7, 11) is 0. The number of piperazine rings is 1. The second-order valence-electron chi connectivity index (χ2n) is 6.18. The molecule has 1 aromatic heterocycles. The van der Waals surface area contributed by atoms with Gasteiger partial charge in [-0.15, -0.1) is 5.10 Å². The van der Waals surface area contributed by atoms with Gasteiger partial charge < -0.3 is 9.80 Å². The van der Waals surface area contributed by atoms with Crippen LogP contribution in [0.1, 0.15) is 28.5 Å². The first-order valence-corrected chi connectivity index (χ1v) is 8.45. The van der Waals surface area contributed by atoms with Gasteiger partial charge in [0.25, 0.3) is 5.91 Å². The number of nitrogens with zero attached hydrogens (tertiary/aromatic N) is 5. The largest absolute Gasteiger partial charge is 0.416 e. The molecule has 0 atom stereocenters. The molecule has 1 amide bonds. The van der Waals surface area contributed by atoms with Crippen molar-refractivity contribution in [2.75, 3.05) is 32.7 Å². The Balaban J connectivity index is 1.70. The average Bonchev–Trinajstić information content (AvgIpc) is 3.09. The summed E-state index contributed by atoms with van der Waals surface area (Å²) in [6.07, 6.45) is -3.03. The lowest BCUT2D eigenvalue weighted by molar-refractivity contribution is -0.138. The second-order valence-corrected chi connectivity index (χ2v) is 6.18. The lowest BCUT2D eigenvalue weighted by Crippen LogP contribution is -2.48. The maximum atomic E-state index is 13.1. The molecule has 1 aromatic carbocycles. The highest BCUT2D eigenvalue weighted by Crippen LogP contribution is 2.32. The highest BCUT2D eigenvalue weighted by atomic mass is 19.4. The lowest BCUT2D eigenvalue weighted by Gasteiger charge is -2.33. The minimum Gasteiger partial charge on any atom is -0.335 e. The molecule has 140 valence electrons. The fourth-order valence-corrected chi connectivity index (χ4v) is 3.01. The van der Waals surface area contributed by atoms with E-state index in [9.17, 15) is 18.0 Å². The molecular weight excluding hydrogens is 347 g/mol. The number of benzene rings is 1. The van der Waals surface area contributed by atoms with Crippen LogP contribution in [-0.4, -0.2) is 63.4 Å². The van der Waals surface area contributed by atoms with Gasteiger partial charge in [-0.1, -0.05) is 30.3 Å². The van der Waals surface area contributed by atoms with Gasteiger partial charge in [-0.3, -0.25) is 4.79 Å². The van der Waals surface area contributed by atoms with Gasteiger partial charge in [0.2, 0.25) is 0 Å². The first-order chi connectivity index (χ1) is 12.4. The van der Waals surface area contributed by atoms with Gasteiger partial charge in [-0.05, 0) is 18.2 Å². The second kappa shape index (κ2) is 7.45. The first-order valence-electron chi connectivity index (χ1n) is 8.45. The molecule has 0 spiro atoms. The molecule has 1 aliphatic rings. The summed E-state index contributed by atoms with van der Waals surface area (Å²) in [5.74, 6) is -0.240. The number of likely N-dealkylation sites (N-methyl/N-ethyl adjacent to an activating group) is 1. The molecule has 2 heterocycles. The number of hydrogen-bond acceptors (Lipinski definition) is 4. The summed E-state index contributed by atoms with van der Waals surface area (Å²) >= 11 is 0. The quantitative estimate of drug-likeness (QED) is 0.831. The number of halogens is 3. The Morgan fingerprint density at radius 3 is 2.50 bits per heavy atom. The summed E-state index contributed by atoms with van der Waals surface area (Å²) in [4.78, 5) is 16.4. The number of amides is 1. The molecule has 0 saturated carbocycles. The normalized spacial score (nSPS) is 16.1. The fraction of sp³-hybridized carbons (Fsp3) is 0.471. The van der Waals surface area contributed by atoms with Crippen LogP contribution >= 0.6 is 0 Å². The Kier molecular flexibility index (Phi) is 5.26. The standard InChI is InChI=1S/C17H20F3N5O/c1-2-23-7-9-24(10-8-23)16(26)15-12-25(22-21-15)11-13-5-3-4-6-14(13)17(18,19)20/h3-6,12H,2,7-11H2,1H3. The highest BCUT2D eigenvalue weighted by Gasteiger charge is 2.33. The number of carbonyl (C=O) groups excluding carboxylic acids is 1. The van der Waals surface area contributed by atoms with Crippen molar-refractivity contribution in [2.24, 2.45) is 0 Å². The Labute approximate surface area is 149 Å². The molecule has 6 nitrogen and oxygen atoms in total. The number of aromatic nitrogens is 3. The van der Waals surface area contributed by atoms with Crippen LogP contribution in [0.25, 0.3) is 0 Å². The molecule has 1 fully saturated rings. The first kappa shape index (κ1) is 18.4. The Hall–Kier alpha value is -2.42. The van der Waals surface area contributed by atoms with Crippen LogP contribution in [0.2, 0.25) is 0 Å². The van der Waals surface area contributed by atoms with Gasteiger partial charge in [-0.25, -0.2) is 4.68 Å². The van der Waals surface area contributed by atoms with Gasteiger partial charge in [0, 0.05) is 26.2 Å². The van der Waals surface area contributed by atoms with E-state index < -0.39 is 11.7 Å². The van der Waals surface area contributed by atoms with Gasteiger partial charge in [0.1, 0.15) is 0 Å². The SMILES string of the molecule is CCN1CCN(C(=O)c2cn(Cc3ccccc3C(F)(F)F)nn2)CC1. The summed E-state index contributed by atoms with van der Waals surface area (Å²) < 4.78 is 40.5. The van der Waals surface area contributed by atoms with Crippen LogP contribution in [0, 0.1) is 0 Å². The van der Waals surface area contributed by atoms with E-state index in [0.29, 0.717) is 13.1 Å². The Morgan fingerprint density at radius 2 is 1.85 bits per heavy atom. The third kappa shape index (κ3) is 4.04. The van der Waals surface area contributed by atoms with Gasteiger partial charge in [0.05, 0.1) is 18.3 Å². The summed E-state index contributed by atoms with van der Waals surface area (Å²) in [5.41, 5.74) is -0.473. The predicted molar refractivity (Wildman–Crippen MR) is 88.6 cm³/mol. The van der Waals surface area contributed by atoms with Crippen LogP contribution in [0.5, 0.6) is 0 Å². The van der Waals surface area contributed by atoms with E-state index in [4.69, 9.17) is 0 Å². The van der Waals surface area contributed by atoms with E-state index in [2.05, 4.69) is 22.1 Å². The van der Waals surface area contributed by atoms with Crippen LogP contribution in [0.3, 0.4) is 0 Å². The van der Waals surface area contributed by atoms with E-state index in [1.165, 1.54) is 23.0 Å². The lowest BCUT2D eigenvalue weighted by atomic mass is 10.1. The molecule has 3 rings (SSSR count). The zero-order chi connectivity index (χ0) is 18.7. The summed E-state index contributed by atoms with van der Waals surface area (Å²) in [6.45, 7) is 5.73. The van der Waals surface area contributed by atoms with Crippen molar-refractivity contribution in [2.45, 2.75) is 19.6 Å². The molecule has 0 radical (unpaired) electrons. The fourth-order valence-electron chi connectivity index (χ4n) is 3.01. The number of alkyl halides is 3. The topological polar surface area (TPSA) is 54.3 Å². The Morgan fingerprint density at radius 1 is 1.15 bits per heavy atom. The molecule has 0 aliphatic carbocycles. The zero-order valence-electron chi connectivity index (χ0n) is 14.4. The third-order valence-corrected chi connectivity index (χ3v) is 4.52. The molecule has 26 heavy (non-hydrogen) atoms. The monoisotopic (exact) mass is 367 g/mol. The maximum absolute atomic E-state index is 13.1. The van der Waals surface area contributed by atoms with Crippen LogP contribution in [0.4, 0.5) is 13.2 Å². The van der Waals surface area contributed by atoms with Gasteiger partial charge >= 0.3 is 6.18 Å². The van der Waals surface area contributed by atoms with Crippen molar-refractivity contribution in [1.29, 1.82) is 0 Å². The van der Waals surface area contributed by atoms with Crippen molar-refractivity contribution >= 4 is 5.91 Å². The number of rotatable bonds is 4. The molecule has 9 heteroatoms. The van der Waals surface area contributed by atoms with Crippen molar-refractivity contribution in [3.05, 3.63) is 47.3 Å². The van der Waals surface area contributed by atoms with E-state index in [-0.39, 0.29) is 23.7 Å². The van der Waals surface area contributed by atoms with E-state index >= 15 is 0 Å². The summed E-state index contributed by atoms with van der Waals surface area (Å²) in [5, 5.41) is 7.67. The van der Waals surface area contributed by atoms with Gasteiger partial charge in [0.15, 0.2) is 5.69 Å². The van der Waals surface area contributed by atoms with Crippen molar-refractivity contribution in [3.8, 4) is 0 Å². The van der Waals surface area contributed by atoms with E-state index in [1.807, 2.05) is 0 Å². The van der Waals surface area contributed by atoms with Crippen LogP contribution in [-0.2, 0) is 12.7 Å². The average molecular weight is 367 g/mol. The molecule has 1 aliphatic heterocycles. The third-order valence-electron chi connectivity index (χ3n) is 4.52. The molecular formula is C17H20F3N5O. The molecule has 0 unspecified atom stereocenters. The van der Waals surface area contributed by atoms with Crippen LogP contribution < -0.4 is 0 Å². The van der Waals surface area contributed by atoms with Crippen molar-refractivity contribution in [1.82, 2.24) is 24.8 Å². The number of hydrogen-bond donors (Lipinski definition) is 0. The highest BCUT2D eigenvalue weighted by molar-refractivity contribution is 5.92. The molecule has 2 aromatic rings. The van der Waals surface area contributed by atoms with E-state index in [0.717, 1.165) is 25.7 Å². The van der Waals surface area contributed by atoms with E-state index in [1.54, 1.807) is 11.0 Å². The summed E-state index contributed by atoms with van der Waals surface area (Å²) in [6, 6.07) is 5.32. The molecule has 0 N–H and O–H groups in total. The molecule has 0 bridgehead atoms. The smallest absolute Gasteiger partial charge is 0.335 e. The van der Waals surface area contributed by atoms with Crippen molar-refractivity contribution < 1.29 is 18.0 Å². The van der Waals surface area contributed by atoms with Gasteiger partial charge in [-0.2, -0.15) is 13.2 Å². The predicted octanol–water partition coefficient (Wildman–Crippen LogP) is 2.12. The minimum atomic E-state index is -4.44. The Bertz CT molecular complexity index is 766. The minimum absolute atomic E-state index is 0.0838. The zero-order valence-corrected chi connectivity index (χ0v) is 14.4. The molecule has 1 saturated heterocycles. The van der Waals surface area contributed by atoms with Crippen molar-refractivity contribution in [3.63, 3.8) is 0 Å². The maximum Gasteiger partial charge on any atom is 0.416 e. The van der Waals surface area contributed by atoms with Crippen LogP contribution in [0.15, 0.2) is 30.5 Å². The number of carbonyl (C=O) groups is 1.